The minimum absolute atomic E-state index is 0.0628. The van der Waals surface area contributed by atoms with Crippen molar-refractivity contribution in [2.24, 2.45) is 5.92 Å². The number of hydrogen-bond acceptors (Lipinski definition) is 3. The lowest BCUT2D eigenvalue weighted by molar-refractivity contribution is 0.0738. The van der Waals surface area contributed by atoms with Gasteiger partial charge in [0.05, 0.1) is 12.7 Å². The maximum absolute atomic E-state index is 12.3. The molecule has 1 aliphatic rings. The van der Waals surface area contributed by atoms with Gasteiger partial charge in [0.15, 0.2) is 0 Å². The number of amides is 2. The summed E-state index contributed by atoms with van der Waals surface area (Å²) < 4.78 is 5.46. The first-order chi connectivity index (χ1) is 10.6. The van der Waals surface area contributed by atoms with E-state index >= 15 is 0 Å². The zero-order chi connectivity index (χ0) is 15.9. The monoisotopic (exact) mass is 306 g/mol. The zero-order valence-electron chi connectivity index (χ0n) is 13.4. The second kappa shape index (κ2) is 8.03. The van der Waals surface area contributed by atoms with Crippen LogP contribution in [0.5, 0.6) is 5.75 Å². The number of aliphatic hydroxyl groups excluding tert-OH is 1. The smallest absolute Gasteiger partial charge is 0.317 e. The number of piperidine rings is 1. The SMILES string of the molecule is CCOc1cccc(CNC(=O)N2CCCC(C(C)O)C2)c1. The third kappa shape index (κ3) is 4.63. The van der Waals surface area contributed by atoms with Crippen molar-refractivity contribution in [3.05, 3.63) is 29.8 Å². The molecule has 0 spiro atoms. The molecule has 0 aliphatic carbocycles. The Bertz CT molecular complexity index is 491. The van der Waals surface area contributed by atoms with Crippen LogP contribution in [-0.4, -0.2) is 41.8 Å². The first kappa shape index (κ1) is 16.6. The van der Waals surface area contributed by atoms with Crippen molar-refractivity contribution in [2.75, 3.05) is 19.7 Å². The molecule has 1 heterocycles. The molecule has 5 nitrogen and oxygen atoms in total. The molecule has 22 heavy (non-hydrogen) atoms. The van der Waals surface area contributed by atoms with Gasteiger partial charge in [0.2, 0.25) is 0 Å². The maximum Gasteiger partial charge on any atom is 0.317 e. The molecule has 2 N–H and O–H groups in total. The average molecular weight is 306 g/mol. The van der Waals surface area contributed by atoms with Crippen LogP contribution in [0.1, 0.15) is 32.3 Å². The number of aliphatic hydroxyl groups is 1. The van der Waals surface area contributed by atoms with Crippen molar-refractivity contribution in [1.82, 2.24) is 10.2 Å². The Morgan fingerprint density at radius 3 is 3.09 bits per heavy atom. The average Bonchev–Trinajstić information content (AvgIpc) is 2.53. The Morgan fingerprint density at radius 2 is 2.36 bits per heavy atom. The van der Waals surface area contributed by atoms with Crippen LogP contribution in [0.25, 0.3) is 0 Å². The quantitative estimate of drug-likeness (QED) is 0.878. The number of carbonyl (C=O) groups excluding carboxylic acids is 1. The van der Waals surface area contributed by atoms with Gasteiger partial charge in [-0.05, 0) is 44.4 Å². The van der Waals surface area contributed by atoms with E-state index in [9.17, 15) is 9.90 Å². The molecular weight excluding hydrogens is 280 g/mol. The van der Waals surface area contributed by atoms with E-state index in [-0.39, 0.29) is 18.1 Å². The van der Waals surface area contributed by atoms with Gasteiger partial charge in [-0.15, -0.1) is 0 Å². The standard InChI is InChI=1S/C17H26N2O3/c1-3-22-16-8-4-6-14(10-16)11-18-17(21)19-9-5-7-15(12-19)13(2)20/h4,6,8,10,13,15,20H,3,5,7,9,11-12H2,1-2H3,(H,18,21). The van der Waals surface area contributed by atoms with Crippen LogP contribution in [0.3, 0.4) is 0 Å². The summed E-state index contributed by atoms with van der Waals surface area (Å²) in [5.74, 6) is 1.00. The molecule has 0 bridgehead atoms. The first-order valence-electron chi connectivity index (χ1n) is 8.02. The Labute approximate surface area is 132 Å². The van der Waals surface area contributed by atoms with Gasteiger partial charge >= 0.3 is 6.03 Å². The fourth-order valence-electron chi connectivity index (χ4n) is 2.79. The lowest BCUT2D eigenvalue weighted by atomic mass is 9.94. The van der Waals surface area contributed by atoms with E-state index in [2.05, 4.69) is 5.32 Å². The summed E-state index contributed by atoms with van der Waals surface area (Å²) in [5.41, 5.74) is 1.02. The van der Waals surface area contributed by atoms with Crippen LogP contribution >= 0.6 is 0 Å². The Morgan fingerprint density at radius 1 is 1.55 bits per heavy atom. The highest BCUT2D eigenvalue weighted by atomic mass is 16.5. The van der Waals surface area contributed by atoms with E-state index in [0.29, 0.717) is 19.7 Å². The van der Waals surface area contributed by atoms with Gasteiger partial charge in [-0.1, -0.05) is 12.1 Å². The molecule has 1 aromatic carbocycles. The minimum Gasteiger partial charge on any atom is -0.494 e. The normalized spacial score (nSPS) is 19.6. The number of nitrogens with zero attached hydrogens (tertiary/aromatic N) is 1. The third-order valence-electron chi connectivity index (χ3n) is 4.08. The molecule has 2 atom stereocenters. The summed E-state index contributed by atoms with van der Waals surface area (Å²) in [4.78, 5) is 14.1. The van der Waals surface area contributed by atoms with Gasteiger partial charge in [-0.3, -0.25) is 0 Å². The highest BCUT2D eigenvalue weighted by Crippen LogP contribution is 2.20. The summed E-state index contributed by atoms with van der Waals surface area (Å²) in [6.45, 7) is 6.24. The van der Waals surface area contributed by atoms with Crippen LogP contribution in [0, 0.1) is 5.92 Å². The van der Waals surface area contributed by atoms with E-state index in [1.165, 1.54) is 0 Å². The minimum atomic E-state index is -0.363. The van der Waals surface area contributed by atoms with Gasteiger partial charge < -0.3 is 20.1 Å². The molecule has 1 aromatic rings. The summed E-state index contributed by atoms with van der Waals surface area (Å²) in [6.07, 6.45) is 1.57. The number of benzene rings is 1. The molecule has 2 rings (SSSR count). The third-order valence-corrected chi connectivity index (χ3v) is 4.08. The Hall–Kier alpha value is -1.75. The van der Waals surface area contributed by atoms with Crippen molar-refractivity contribution in [2.45, 2.75) is 39.3 Å². The van der Waals surface area contributed by atoms with Crippen molar-refractivity contribution in [1.29, 1.82) is 0 Å². The summed E-state index contributed by atoms with van der Waals surface area (Å²) in [5, 5.41) is 12.6. The topological polar surface area (TPSA) is 61.8 Å². The van der Waals surface area contributed by atoms with Gasteiger partial charge in [-0.25, -0.2) is 4.79 Å². The molecule has 2 amide bonds. The fraction of sp³-hybridized carbons (Fsp3) is 0.588. The van der Waals surface area contributed by atoms with E-state index in [1.54, 1.807) is 11.8 Å². The molecule has 0 saturated carbocycles. The molecule has 122 valence electrons. The molecule has 1 aliphatic heterocycles. The highest BCUT2D eigenvalue weighted by molar-refractivity contribution is 5.74. The number of nitrogens with one attached hydrogen (secondary N) is 1. The summed E-state index contributed by atoms with van der Waals surface area (Å²) >= 11 is 0. The molecule has 5 heteroatoms. The van der Waals surface area contributed by atoms with E-state index in [4.69, 9.17) is 4.74 Å². The van der Waals surface area contributed by atoms with Gasteiger partial charge in [0, 0.05) is 25.6 Å². The predicted octanol–water partition coefficient (Wildman–Crippen LogP) is 2.39. The van der Waals surface area contributed by atoms with E-state index < -0.39 is 0 Å². The predicted molar refractivity (Wildman–Crippen MR) is 85.8 cm³/mol. The number of urea groups is 1. The summed E-state index contributed by atoms with van der Waals surface area (Å²) in [6, 6.07) is 7.69. The highest BCUT2D eigenvalue weighted by Gasteiger charge is 2.26. The second-order valence-electron chi connectivity index (χ2n) is 5.83. The zero-order valence-corrected chi connectivity index (χ0v) is 13.4. The van der Waals surface area contributed by atoms with Crippen LogP contribution in [0.4, 0.5) is 4.79 Å². The number of likely N-dealkylation sites (tertiary alicyclic amines) is 1. The van der Waals surface area contributed by atoms with Crippen LogP contribution in [0.2, 0.25) is 0 Å². The first-order valence-corrected chi connectivity index (χ1v) is 8.02. The molecule has 1 saturated heterocycles. The van der Waals surface area contributed by atoms with E-state index in [1.807, 2.05) is 31.2 Å². The molecule has 2 unspecified atom stereocenters. The molecule has 1 fully saturated rings. The fourth-order valence-corrected chi connectivity index (χ4v) is 2.79. The Balaban J connectivity index is 1.85. The number of rotatable bonds is 5. The van der Waals surface area contributed by atoms with Crippen LogP contribution in [0.15, 0.2) is 24.3 Å². The van der Waals surface area contributed by atoms with Crippen molar-refractivity contribution in [3.8, 4) is 5.75 Å². The molecule has 0 radical (unpaired) electrons. The molecular formula is C17H26N2O3. The summed E-state index contributed by atoms with van der Waals surface area (Å²) in [7, 11) is 0. The van der Waals surface area contributed by atoms with Crippen molar-refractivity contribution in [3.63, 3.8) is 0 Å². The Kier molecular flexibility index (Phi) is 6.07. The number of carbonyl (C=O) groups is 1. The maximum atomic E-state index is 12.3. The number of ether oxygens (including phenoxy) is 1. The lowest BCUT2D eigenvalue weighted by Crippen LogP contribution is -2.47. The van der Waals surface area contributed by atoms with Crippen molar-refractivity contribution < 1.29 is 14.6 Å². The van der Waals surface area contributed by atoms with Gasteiger partial charge in [-0.2, -0.15) is 0 Å². The largest absolute Gasteiger partial charge is 0.494 e. The van der Waals surface area contributed by atoms with Crippen LogP contribution in [-0.2, 0) is 6.54 Å². The van der Waals surface area contributed by atoms with Crippen LogP contribution < -0.4 is 10.1 Å². The lowest BCUT2D eigenvalue weighted by Gasteiger charge is -2.34. The van der Waals surface area contributed by atoms with Gasteiger partial charge in [0.1, 0.15) is 5.75 Å². The molecule has 0 aromatic heterocycles. The van der Waals surface area contributed by atoms with E-state index in [0.717, 1.165) is 30.7 Å². The van der Waals surface area contributed by atoms with Gasteiger partial charge in [0.25, 0.3) is 0 Å². The van der Waals surface area contributed by atoms with Crippen molar-refractivity contribution >= 4 is 6.03 Å². The number of hydrogen-bond donors (Lipinski definition) is 2. The second-order valence-corrected chi connectivity index (χ2v) is 5.83.